The highest BCUT2D eigenvalue weighted by Gasteiger charge is 2.29. The van der Waals surface area contributed by atoms with Gasteiger partial charge in [-0.05, 0) is 12.5 Å². The molecular weight excluding hydrogens is 260 g/mol. The van der Waals surface area contributed by atoms with Crippen molar-refractivity contribution in [1.82, 2.24) is 15.5 Å². The zero-order chi connectivity index (χ0) is 14.1. The molecule has 7 nitrogen and oxygen atoms in total. The first-order valence-electron chi connectivity index (χ1n) is 6.44. The molecule has 7 heteroatoms. The van der Waals surface area contributed by atoms with Gasteiger partial charge in [-0.15, -0.1) is 0 Å². The minimum atomic E-state index is -0.437. The van der Waals surface area contributed by atoms with Crippen molar-refractivity contribution in [1.29, 1.82) is 0 Å². The summed E-state index contributed by atoms with van der Waals surface area (Å²) in [7, 11) is 0. The highest BCUT2D eigenvalue weighted by Crippen LogP contribution is 2.28. The summed E-state index contributed by atoms with van der Waals surface area (Å²) >= 11 is 0. The number of hydrogen-bond donors (Lipinski definition) is 1. The fraction of sp³-hybridized carbons (Fsp3) is 0.385. The van der Waals surface area contributed by atoms with E-state index in [0.29, 0.717) is 23.2 Å². The van der Waals surface area contributed by atoms with Gasteiger partial charge in [-0.2, -0.15) is 4.98 Å². The molecule has 20 heavy (non-hydrogen) atoms. The van der Waals surface area contributed by atoms with E-state index < -0.39 is 4.92 Å². The Hall–Kier alpha value is -2.28. The fourth-order valence-corrected chi connectivity index (χ4v) is 2.40. The van der Waals surface area contributed by atoms with Crippen LogP contribution in [0.4, 0.5) is 5.69 Å². The van der Waals surface area contributed by atoms with E-state index in [0.717, 1.165) is 13.1 Å². The number of nitro benzene ring substituents is 1. The summed E-state index contributed by atoms with van der Waals surface area (Å²) in [5.74, 6) is 1.62. The first-order valence-corrected chi connectivity index (χ1v) is 6.44. The lowest BCUT2D eigenvalue weighted by atomic mass is 9.98. The van der Waals surface area contributed by atoms with Crippen LogP contribution >= 0.6 is 0 Å². The molecule has 0 unspecified atom stereocenters. The molecule has 0 spiro atoms. The quantitative estimate of drug-likeness (QED) is 0.679. The maximum absolute atomic E-state index is 10.8. The fourth-order valence-electron chi connectivity index (χ4n) is 2.40. The predicted octanol–water partition coefficient (Wildman–Crippen LogP) is 1.97. The van der Waals surface area contributed by atoms with Crippen molar-refractivity contribution in [2.75, 3.05) is 13.1 Å². The van der Waals surface area contributed by atoms with Crippen LogP contribution in [-0.2, 0) is 0 Å². The first-order chi connectivity index (χ1) is 9.65. The summed E-state index contributed by atoms with van der Waals surface area (Å²) in [5.41, 5.74) is 0.609. The number of nitrogens with zero attached hydrogens (tertiary/aromatic N) is 3. The lowest BCUT2D eigenvalue weighted by Gasteiger charge is -2.07. The van der Waals surface area contributed by atoms with Gasteiger partial charge in [0.1, 0.15) is 0 Å². The van der Waals surface area contributed by atoms with E-state index in [1.165, 1.54) is 12.1 Å². The summed E-state index contributed by atoms with van der Waals surface area (Å²) in [4.78, 5) is 14.7. The summed E-state index contributed by atoms with van der Waals surface area (Å²) in [6, 6.07) is 6.24. The van der Waals surface area contributed by atoms with Crippen molar-refractivity contribution in [3.63, 3.8) is 0 Å². The largest absolute Gasteiger partial charge is 0.339 e. The lowest BCUT2D eigenvalue weighted by molar-refractivity contribution is -0.384. The highest BCUT2D eigenvalue weighted by molar-refractivity contribution is 5.58. The van der Waals surface area contributed by atoms with Gasteiger partial charge in [0, 0.05) is 24.2 Å². The van der Waals surface area contributed by atoms with Crippen LogP contribution in [0, 0.1) is 16.0 Å². The molecule has 0 amide bonds. The van der Waals surface area contributed by atoms with E-state index in [4.69, 9.17) is 4.52 Å². The van der Waals surface area contributed by atoms with Crippen molar-refractivity contribution < 1.29 is 9.45 Å². The van der Waals surface area contributed by atoms with Gasteiger partial charge in [0.05, 0.1) is 10.8 Å². The molecule has 1 aromatic carbocycles. The van der Waals surface area contributed by atoms with E-state index in [9.17, 15) is 10.1 Å². The van der Waals surface area contributed by atoms with Gasteiger partial charge in [0.2, 0.25) is 11.7 Å². The van der Waals surface area contributed by atoms with E-state index in [2.05, 4.69) is 22.4 Å². The molecule has 1 fully saturated rings. The van der Waals surface area contributed by atoms with Gasteiger partial charge < -0.3 is 9.84 Å². The molecule has 3 rings (SSSR count). The van der Waals surface area contributed by atoms with Crippen LogP contribution < -0.4 is 5.32 Å². The van der Waals surface area contributed by atoms with Crippen LogP contribution in [-0.4, -0.2) is 28.2 Å². The van der Waals surface area contributed by atoms with E-state index in [1.54, 1.807) is 12.1 Å². The molecule has 1 aliphatic heterocycles. The molecule has 104 valence electrons. The molecule has 1 aliphatic rings. The molecule has 0 aliphatic carbocycles. The van der Waals surface area contributed by atoms with E-state index in [-0.39, 0.29) is 11.6 Å². The monoisotopic (exact) mass is 274 g/mol. The van der Waals surface area contributed by atoms with Crippen molar-refractivity contribution in [2.24, 2.45) is 5.92 Å². The van der Waals surface area contributed by atoms with Crippen LogP contribution in [0.5, 0.6) is 0 Å². The average molecular weight is 274 g/mol. The number of hydrogen-bond acceptors (Lipinski definition) is 6. The molecule has 2 heterocycles. The predicted molar refractivity (Wildman–Crippen MR) is 71.2 cm³/mol. The van der Waals surface area contributed by atoms with Crippen molar-refractivity contribution in [3.05, 3.63) is 40.3 Å². The van der Waals surface area contributed by atoms with E-state index in [1.807, 2.05) is 0 Å². The maximum Gasteiger partial charge on any atom is 0.270 e. The Kier molecular flexibility index (Phi) is 3.19. The second-order valence-corrected chi connectivity index (χ2v) is 5.01. The van der Waals surface area contributed by atoms with Crippen LogP contribution in [0.25, 0.3) is 11.4 Å². The Morgan fingerprint density at radius 1 is 1.45 bits per heavy atom. The zero-order valence-electron chi connectivity index (χ0n) is 10.9. The maximum atomic E-state index is 10.8. The molecule has 2 atom stereocenters. The molecule has 0 saturated carbocycles. The van der Waals surface area contributed by atoms with Crippen LogP contribution in [0.2, 0.25) is 0 Å². The zero-order valence-corrected chi connectivity index (χ0v) is 10.9. The topological polar surface area (TPSA) is 94.1 Å². The van der Waals surface area contributed by atoms with Gasteiger partial charge >= 0.3 is 0 Å². The number of non-ortho nitro benzene ring substituents is 1. The third-order valence-corrected chi connectivity index (χ3v) is 3.59. The minimum Gasteiger partial charge on any atom is -0.339 e. The first kappa shape index (κ1) is 12.7. The van der Waals surface area contributed by atoms with E-state index >= 15 is 0 Å². The Morgan fingerprint density at radius 3 is 3.00 bits per heavy atom. The van der Waals surface area contributed by atoms with Crippen molar-refractivity contribution >= 4 is 5.69 Å². The third kappa shape index (κ3) is 2.27. The lowest BCUT2D eigenvalue weighted by Crippen LogP contribution is -2.08. The summed E-state index contributed by atoms with van der Waals surface area (Å²) < 4.78 is 5.30. The molecule has 0 bridgehead atoms. The number of nitrogens with one attached hydrogen (secondary N) is 1. The second kappa shape index (κ2) is 5.01. The molecule has 1 N–H and O–H groups in total. The number of aromatic nitrogens is 2. The normalized spacial score (nSPS) is 22.1. The van der Waals surface area contributed by atoms with Crippen molar-refractivity contribution in [3.8, 4) is 11.4 Å². The van der Waals surface area contributed by atoms with Gasteiger partial charge in [0.25, 0.3) is 5.69 Å². The minimum absolute atomic E-state index is 0.0183. The molecular formula is C13H14N4O3. The Bertz CT molecular complexity index is 640. The Balaban J connectivity index is 1.90. The summed E-state index contributed by atoms with van der Waals surface area (Å²) in [5, 5.41) is 18.0. The van der Waals surface area contributed by atoms with Gasteiger partial charge in [-0.25, -0.2) is 0 Å². The van der Waals surface area contributed by atoms with Crippen molar-refractivity contribution in [2.45, 2.75) is 12.8 Å². The number of nitro groups is 1. The van der Waals surface area contributed by atoms with Gasteiger partial charge in [-0.1, -0.05) is 24.2 Å². The number of benzene rings is 1. The third-order valence-electron chi connectivity index (χ3n) is 3.59. The summed E-state index contributed by atoms with van der Waals surface area (Å²) in [6.45, 7) is 3.87. The molecule has 1 aromatic heterocycles. The van der Waals surface area contributed by atoms with Crippen LogP contribution in [0.3, 0.4) is 0 Å². The molecule has 0 radical (unpaired) electrons. The highest BCUT2D eigenvalue weighted by atomic mass is 16.6. The van der Waals surface area contributed by atoms with Gasteiger partial charge in [0.15, 0.2) is 0 Å². The SMILES string of the molecule is C[C@@H]1CNC[C@H]1c1nc(-c2cccc([N+](=O)[O-])c2)no1. The molecule has 2 aromatic rings. The number of rotatable bonds is 3. The Labute approximate surface area is 115 Å². The van der Waals surface area contributed by atoms with Crippen LogP contribution in [0.15, 0.2) is 28.8 Å². The average Bonchev–Trinajstić information content (AvgIpc) is 3.07. The second-order valence-electron chi connectivity index (χ2n) is 5.01. The standard InChI is InChI=1S/C13H14N4O3/c1-8-6-14-7-11(8)13-15-12(16-20-13)9-3-2-4-10(5-9)17(18)19/h2-5,8,11,14H,6-7H2,1H3/t8-,11-/m1/s1. The Morgan fingerprint density at radius 2 is 2.30 bits per heavy atom. The van der Waals surface area contributed by atoms with Gasteiger partial charge in [-0.3, -0.25) is 10.1 Å². The molecule has 1 saturated heterocycles. The summed E-state index contributed by atoms with van der Waals surface area (Å²) in [6.07, 6.45) is 0. The smallest absolute Gasteiger partial charge is 0.270 e. The van der Waals surface area contributed by atoms with Crippen LogP contribution in [0.1, 0.15) is 18.7 Å².